The van der Waals surface area contributed by atoms with Crippen LogP contribution < -0.4 is 5.32 Å². The third kappa shape index (κ3) is 5.65. The van der Waals surface area contributed by atoms with E-state index in [1.54, 1.807) is 0 Å². The van der Waals surface area contributed by atoms with Crippen LogP contribution in [0.25, 0.3) is 22.3 Å². The molecule has 0 aromatic heterocycles. The van der Waals surface area contributed by atoms with Crippen molar-refractivity contribution in [2.75, 3.05) is 0 Å². The zero-order chi connectivity index (χ0) is 22.1. The molecule has 3 aromatic carbocycles. The highest BCUT2D eigenvalue weighted by Gasteiger charge is 2.37. The fourth-order valence-electron chi connectivity index (χ4n) is 5.53. The van der Waals surface area contributed by atoms with Crippen molar-refractivity contribution in [1.82, 2.24) is 5.32 Å². The largest absolute Gasteiger partial charge is 0.307 e. The summed E-state index contributed by atoms with van der Waals surface area (Å²) in [6.45, 7) is 9.35. The molecule has 0 radical (unpaired) electrons. The Morgan fingerprint density at radius 2 is 1.00 bits per heavy atom. The predicted octanol–water partition coefficient (Wildman–Crippen LogP) is 7.50. The first-order chi connectivity index (χ1) is 14.7. The molecular weight excluding hydrogens is 393 g/mol. The molecule has 162 valence electrons. The van der Waals surface area contributed by atoms with E-state index < -0.39 is 0 Å². The van der Waals surface area contributed by atoms with Gasteiger partial charge in [-0.2, -0.15) is 0 Å². The van der Waals surface area contributed by atoms with Gasteiger partial charge >= 0.3 is 0 Å². The van der Waals surface area contributed by atoms with Gasteiger partial charge in [-0.3, -0.25) is 0 Å². The quantitative estimate of drug-likeness (QED) is 0.414. The van der Waals surface area contributed by atoms with E-state index in [1.807, 2.05) is 0 Å². The molecule has 1 saturated heterocycles. The van der Waals surface area contributed by atoms with Crippen LogP contribution in [0.1, 0.15) is 51.7 Å². The Hall–Kier alpha value is -1.95. The van der Waals surface area contributed by atoms with Crippen LogP contribution in [0.3, 0.4) is 0 Å². The maximum absolute atomic E-state index is 3.80. The Morgan fingerprint density at radius 1 is 0.645 bits per heavy atom. The van der Waals surface area contributed by atoms with Gasteiger partial charge in [0.25, 0.3) is 0 Å². The zero-order valence-electron chi connectivity index (χ0n) is 19.4. The zero-order valence-corrected chi connectivity index (χ0v) is 20.6. The number of hydrogen-bond donors (Lipinski definition) is 1. The summed E-state index contributed by atoms with van der Waals surface area (Å²) in [5, 5.41) is 3.80. The highest BCUT2D eigenvalue weighted by molar-refractivity contribution is 7.15. The SMILES string of the molecule is CC1(C)CC(Cc2ccc(-c3ccc(-c4ccc(CP)cc4)cc3)cc2)CC(C)(C)N1. The van der Waals surface area contributed by atoms with Gasteiger partial charge in [-0.05, 0) is 92.4 Å². The summed E-state index contributed by atoms with van der Waals surface area (Å²) < 4.78 is 0. The van der Waals surface area contributed by atoms with Crippen LogP contribution in [0.2, 0.25) is 0 Å². The van der Waals surface area contributed by atoms with Gasteiger partial charge in [0.15, 0.2) is 0 Å². The van der Waals surface area contributed by atoms with Gasteiger partial charge < -0.3 is 5.32 Å². The molecule has 2 heteroatoms. The van der Waals surface area contributed by atoms with E-state index in [9.17, 15) is 0 Å². The molecule has 0 bridgehead atoms. The van der Waals surface area contributed by atoms with Gasteiger partial charge in [0, 0.05) is 11.1 Å². The number of benzene rings is 3. The van der Waals surface area contributed by atoms with Crippen molar-refractivity contribution in [3.63, 3.8) is 0 Å². The second kappa shape index (κ2) is 8.89. The van der Waals surface area contributed by atoms with Gasteiger partial charge in [-0.25, -0.2) is 0 Å². The normalized spacial score (nSPS) is 18.1. The monoisotopic (exact) mass is 429 g/mol. The molecule has 1 aliphatic rings. The summed E-state index contributed by atoms with van der Waals surface area (Å²) in [4.78, 5) is 0. The molecule has 3 aromatic rings. The second-order valence-electron chi connectivity index (χ2n) is 10.5. The van der Waals surface area contributed by atoms with Gasteiger partial charge in [-0.1, -0.05) is 72.8 Å². The molecule has 1 heterocycles. The molecule has 1 N–H and O–H groups in total. The molecule has 4 rings (SSSR count). The van der Waals surface area contributed by atoms with E-state index in [2.05, 4.69) is 115 Å². The topological polar surface area (TPSA) is 12.0 Å². The summed E-state index contributed by atoms with van der Waals surface area (Å²) >= 11 is 0. The number of rotatable bonds is 5. The third-order valence-electron chi connectivity index (χ3n) is 6.49. The molecule has 0 saturated carbocycles. The molecule has 1 fully saturated rings. The molecule has 0 amide bonds. The number of hydrogen-bond acceptors (Lipinski definition) is 1. The minimum absolute atomic E-state index is 0.212. The van der Waals surface area contributed by atoms with Crippen molar-refractivity contribution in [1.29, 1.82) is 0 Å². The lowest BCUT2D eigenvalue weighted by Crippen LogP contribution is -2.58. The van der Waals surface area contributed by atoms with Crippen molar-refractivity contribution >= 4 is 9.24 Å². The molecule has 31 heavy (non-hydrogen) atoms. The minimum atomic E-state index is 0.212. The van der Waals surface area contributed by atoms with Crippen LogP contribution in [-0.4, -0.2) is 11.1 Å². The maximum atomic E-state index is 3.80. The molecule has 0 aliphatic carbocycles. The Balaban J connectivity index is 1.44. The fraction of sp³-hybridized carbons (Fsp3) is 0.379. The van der Waals surface area contributed by atoms with Crippen molar-refractivity contribution in [3.8, 4) is 22.3 Å². The first kappa shape index (κ1) is 22.3. The number of piperidine rings is 1. The second-order valence-corrected chi connectivity index (χ2v) is 11.0. The van der Waals surface area contributed by atoms with E-state index in [0.717, 1.165) is 12.1 Å². The predicted molar refractivity (Wildman–Crippen MR) is 138 cm³/mol. The third-order valence-corrected chi connectivity index (χ3v) is 6.97. The lowest BCUT2D eigenvalue weighted by atomic mass is 9.74. The van der Waals surface area contributed by atoms with E-state index in [0.29, 0.717) is 0 Å². The van der Waals surface area contributed by atoms with Crippen LogP contribution in [0.4, 0.5) is 0 Å². The maximum Gasteiger partial charge on any atom is 0.0132 e. The first-order valence-electron chi connectivity index (χ1n) is 11.5. The highest BCUT2D eigenvalue weighted by atomic mass is 31.0. The van der Waals surface area contributed by atoms with Gasteiger partial charge in [-0.15, -0.1) is 9.24 Å². The van der Waals surface area contributed by atoms with Crippen LogP contribution in [-0.2, 0) is 12.6 Å². The van der Waals surface area contributed by atoms with E-state index in [1.165, 1.54) is 52.6 Å². The smallest absolute Gasteiger partial charge is 0.0132 e. The van der Waals surface area contributed by atoms with Crippen LogP contribution in [0.5, 0.6) is 0 Å². The lowest BCUT2D eigenvalue weighted by molar-refractivity contribution is 0.128. The summed E-state index contributed by atoms with van der Waals surface area (Å²) in [5.74, 6) is 0.731. The van der Waals surface area contributed by atoms with E-state index in [4.69, 9.17) is 0 Å². The average molecular weight is 430 g/mol. The Bertz CT molecular complexity index is 982. The van der Waals surface area contributed by atoms with Crippen molar-refractivity contribution in [2.45, 2.75) is 64.2 Å². The molecule has 1 aliphatic heterocycles. The molecule has 1 nitrogen and oxygen atoms in total. The number of nitrogens with one attached hydrogen (secondary N) is 1. The standard InChI is InChI=1S/C29H36NP/c1-28(2)18-23(19-29(3,4)30-28)17-21-5-9-24(10-6-21)26-13-15-27(16-14-26)25-11-7-22(20-31)8-12-25/h5-16,23,30H,17-20,31H2,1-4H3. The highest BCUT2D eigenvalue weighted by Crippen LogP contribution is 2.35. The van der Waals surface area contributed by atoms with Gasteiger partial charge in [0.2, 0.25) is 0 Å². The molecule has 0 spiro atoms. The van der Waals surface area contributed by atoms with E-state index >= 15 is 0 Å². The van der Waals surface area contributed by atoms with Crippen LogP contribution >= 0.6 is 9.24 Å². The van der Waals surface area contributed by atoms with Crippen LogP contribution in [0.15, 0.2) is 72.8 Å². The first-order valence-corrected chi connectivity index (χ1v) is 12.3. The Kier molecular flexibility index (Phi) is 6.38. The molecule has 1 atom stereocenters. The van der Waals surface area contributed by atoms with Crippen LogP contribution in [0, 0.1) is 5.92 Å². The summed E-state index contributed by atoms with van der Waals surface area (Å²) in [5.41, 5.74) is 8.34. The lowest BCUT2D eigenvalue weighted by Gasteiger charge is -2.46. The van der Waals surface area contributed by atoms with Gasteiger partial charge in [0.1, 0.15) is 0 Å². The van der Waals surface area contributed by atoms with Gasteiger partial charge in [0.05, 0.1) is 0 Å². The summed E-state index contributed by atoms with van der Waals surface area (Å²) in [6.07, 6.45) is 4.64. The average Bonchev–Trinajstić information content (AvgIpc) is 2.72. The molecular formula is C29H36NP. The fourth-order valence-corrected chi connectivity index (χ4v) is 5.81. The summed E-state index contributed by atoms with van der Waals surface area (Å²) in [6, 6.07) is 27.0. The minimum Gasteiger partial charge on any atom is -0.307 e. The van der Waals surface area contributed by atoms with Crippen molar-refractivity contribution < 1.29 is 0 Å². The van der Waals surface area contributed by atoms with Crippen molar-refractivity contribution in [2.24, 2.45) is 5.92 Å². The Labute approximate surface area is 190 Å². The van der Waals surface area contributed by atoms with Crippen molar-refractivity contribution in [3.05, 3.63) is 83.9 Å². The van der Waals surface area contributed by atoms with E-state index in [-0.39, 0.29) is 11.1 Å². The molecule has 1 unspecified atom stereocenters. The Morgan fingerprint density at radius 3 is 1.39 bits per heavy atom. The summed E-state index contributed by atoms with van der Waals surface area (Å²) in [7, 11) is 2.78.